The molecule has 0 aromatic heterocycles. The van der Waals surface area contributed by atoms with E-state index in [4.69, 9.17) is 34.8 Å². The number of hydrogen-bond acceptors (Lipinski definition) is 0. The van der Waals surface area contributed by atoms with Gasteiger partial charge in [-0.1, -0.05) is 64.6 Å². The largest absolute Gasteiger partial charge is 0.194 e. The summed E-state index contributed by atoms with van der Waals surface area (Å²) in [4.78, 5) is 0.227. The highest BCUT2D eigenvalue weighted by Crippen LogP contribution is 2.38. The van der Waals surface area contributed by atoms with E-state index in [9.17, 15) is 0 Å². The van der Waals surface area contributed by atoms with E-state index in [2.05, 4.69) is 15.9 Å². The average Bonchev–Trinajstić information content (AvgIpc) is 1.62. The van der Waals surface area contributed by atoms with Crippen LogP contribution in [-0.4, -0.2) is 8.62 Å². The Morgan fingerprint density at radius 3 is 1.56 bits per heavy atom. The highest BCUT2D eigenvalue weighted by Gasteiger charge is 2.31. The molecule has 0 saturated carbocycles. The maximum absolute atomic E-state index is 5.58. The van der Waals surface area contributed by atoms with Gasteiger partial charge in [0, 0.05) is 10.7 Å². The lowest BCUT2D eigenvalue weighted by Crippen LogP contribution is -2.22. The van der Waals surface area contributed by atoms with Crippen LogP contribution in [0.2, 0.25) is 0 Å². The first-order chi connectivity index (χ1) is 3.85. The van der Waals surface area contributed by atoms with Gasteiger partial charge < -0.3 is 0 Å². The highest BCUT2D eigenvalue weighted by molar-refractivity contribution is 9.09. The minimum atomic E-state index is -1.15. The molecule has 0 amide bonds. The molecular weight excluding hydrogens is 246 g/mol. The van der Waals surface area contributed by atoms with E-state index in [0.29, 0.717) is 0 Å². The van der Waals surface area contributed by atoms with Crippen molar-refractivity contribution in [3.05, 3.63) is 0 Å². The van der Waals surface area contributed by atoms with Gasteiger partial charge in [-0.05, 0) is 0 Å². The Kier molecular flexibility index (Phi) is 4.21. The summed E-state index contributed by atoms with van der Waals surface area (Å²) in [6, 6.07) is 0. The summed E-state index contributed by atoms with van der Waals surface area (Å²) in [6.07, 6.45) is 0. The zero-order chi connectivity index (χ0) is 7.65. The van der Waals surface area contributed by atoms with Crippen LogP contribution in [0.15, 0.2) is 0 Å². The van der Waals surface area contributed by atoms with Crippen molar-refractivity contribution in [3.8, 4) is 0 Å². The predicted molar refractivity (Wildman–Crippen MR) is 47.8 cm³/mol. The summed E-state index contributed by atoms with van der Waals surface area (Å²) in [6.45, 7) is 3.83. The number of halogens is 4. The molecule has 9 heavy (non-hydrogen) atoms. The van der Waals surface area contributed by atoms with Crippen LogP contribution in [0.4, 0.5) is 0 Å². The van der Waals surface area contributed by atoms with Crippen molar-refractivity contribution in [1.82, 2.24) is 0 Å². The van der Waals surface area contributed by atoms with Gasteiger partial charge in [0.25, 0.3) is 0 Å². The molecule has 0 aliphatic heterocycles. The normalized spacial score (nSPS) is 19.3. The first-order valence-corrected chi connectivity index (χ1v) is 4.61. The first kappa shape index (κ1) is 10.3. The van der Waals surface area contributed by atoms with Gasteiger partial charge in [-0.3, -0.25) is 0 Å². The van der Waals surface area contributed by atoms with Crippen LogP contribution in [0.25, 0.3) is 0 Å². The second-order valence-electron chi connectivity index (χ2n) is 2.01. The van der Waals surface area contributed by atoms with Gasteiger partial charge in [-0.2, -0.15) is 0 Å². The summed E-state index contributed by atoms with van der Waals surface area (Å²) in [5, 5.41) is 0. The van der Waals surface area contributed by atoms with Crippen molar-refractivity contribution in [1.29, 1.82) is 0 Å². The van der Waals surface area contributed by atoms with Crippen LogP contribution >= 0.6 is 50.7 Å². The maximum atomic E-state index is 5.58. The van der Waals surface area contributed by atoms with Crippen molar-refractivity contribution in [2.45, 2.75) is 22.5 Å². The molecule has 0 fully saturated rings. The second kappa shape index (κ2) is 3.66. The fourth-order valence-corrected chi connectivity index (χ4v) is 1.68. The van der Waals surface area contributed by atoms with E-state index in [1.165, 1.54) is 0 Å². The third-order valence-electron chi connectivity index (χ3n) is 1.21. The van der Waals surface area contributed by atoms with Gasteiger partial charge in [-0.25, -0.2) is 0 Å². The Morgan fingerprint density at radius 1 is 1.22 bits per heavy atom. The molecule has 0 radical (unpaired) electrons. The fourth-order valence-electron chi connectivity index (χ4n) is 0.260. The lowest BCUT2D eigenvalue weighted by molar-refractivity contribution is 0.598. The quantitative estimate of drug-likeness (QED) is 0.625. The molecule has 0 aromatic carbocycles. The van der Waals surface area contributed by atoms with E-state index in [1.54, 1.807) is 0 Å². The lowest BCUT2D eigenvalue weighted by Gasteiger charge is -2.21. The van der Waals surface area contributed by atoms with Crippen LogP contribution in [-0.2, 0) is 0 Å². The van der Waals surface area contributed by atoms with Gasteiger partial charge in [0.05, 0.1) is 0 Å². The zero-order valence-corrected chi connectivity index (χ0v) is 9.02. The first-order valence-electron chi connectivity index (χ1n) is 2.56. The minimum absolute atomic E-state index is 0.0301. The van der Waals surface area contributed by atoms with Gasteiger partial charge in [-0.15, -0.1) is 0 Å². The Bertz CT molecular complexity index is 86.7. The maximum Gasteiger partial charge on any atom is 0.194 e. The Morgan fingerprint density at radius 2 is 1.56 bits per heavy atom. The van der Waals surface area contributed by atoms with Crippen molar-refractivity contribution in [3.63, 3.8) is 0 Å². The molecule has 0 nitrogen and oxygen atoms in total. The molecule has 0 aromatic rings. The SMILES string of the molecule is C[C@H](Br)[C@@H](C)C(Cl)(Cl)Cl. The molecule has 0 N–H and O–H groups in total. The Balaban J connectivity index is 3.88. The molecule has 0 bridgehead atoms. The summed E-state index contributed by atoms with van der Waals surface area (Å²) in [5.41, 5.74) is 0. The standard InChI is InChI=1S/C5H8BrCl3/c1-3(4(2)6)5(7,8)9/h3-4H,1-2H3/t3-,4+/m1/s1. The summed E-state index contributed by atoms with van der Waals surface area (Å²) in [7, 11) is 0. The number of rotatable bonds is 1. The predicted octanol–water partition coefficient (Wildman–Crippen LogP) is 3.78. The highest BCUT2D eigenvalue weighted by atomic mass is 79.9. The van der Waals surface area contributed by atoms with E-state index >= 15 is 0 Å². The molecule has 56 valence electrons. The monoisotopic (exact) mass is 252 g/mol. The molecule has 0 aliphatic rings. The van der Waals surface area contributed by atoms with Crippen LogP contribution in [0.3, 0.4) is 0 Å². The molecule has 0 unspecified atom stereocenters. The van der Waals surface area contributed by atoms with Crippen molar-refractivity contribution >= 4 is 50.7 Å². The lowest BCUT2D eigenvalue weighted by atomic mass is 10.1. The zero-order valence-electron chi connectivity index (χ0n) is 5.17. The van der Waals surface area contributed by atoms with E-state index in [-0.39, 0.29) is 10.7 Å². The minimum Gasteiger partial charge on any atom is -0.0889 e. The van der Waals surface area contributed by atoms with Crippen molar-refractivity contribution < 1.29 is 0 Å². The molecule has 0 spiro atoms. The molecule has 0 rings (SSSR count). The van der Waals surface area contributed by atoms with Crippen molar-refractivity contribution in [2.75, 3.05) is 0 Å². The molecule has 0 heterocycles. The molecular formula is C5H8BrCl3. The smallest absolute Gasteiger partial charge is 0.0889 e. The van der Waals surface area contributed by atoms with Crippen LogP contribution in [0.5, 0.6) is 0 Å². The Labute approximate surface area is 79.0 Å². The van der Waals surface area contributed by atoms with Crippen LogP contribution in [0.1, 0.15) is 13.8 Å². The third kappa shape index (κ3) is 3.92. The summed E-state index contributed by atoms with van der Waals surface area (Å²) < 4.78 is -1.15. The van der Waals surface area contributed by atoms with E-state index in [0.717, 1.165) is 0 Å². The molecule has 2 atom stereocenters. The van der Waals surface area contributed by atoms with E-state index < -0.39 is 3.79 Å². The van der Waals surface area contributed by atoms with Gasteiger partial charge in [0.1, 0.15) is 0 Å². The topological polar surface area (TPSA) is 0 Å². The Hall–Kier alpha value is 1.35. The summed E-state index contributed by atoms with van der Waals surface area (Å²) in [5.74, 6) is 0.0301. The number of hydrogen-bond donors (Lipinski definition) is 0. The van der Waals surface area contributed by atoms with Gasteiger partial charge in [0.2, 0.25) is 0 Å². The van der Waals surface area contributed by atoms with Crippen LogP contribution in [0, 0.1) is 5.92 Å². The average molecular weight is 254 g/mol. The summed E-state index contributed by atoms with van der Waals surface area (Å²) >= 11 is 20.1. The van der Waals surface area contributed by atoms with Crippen molar-refractivity contribution in [2.24, 2.45) is 5.92 Å². The second-order valence-corrected chi connectivity index (χ2v) is 5.82. The third-order valence-corrected chi connectivity index (χ3v) is 3.03. The molecule has 0 aliphatic carbocycles. The van der Waals surface area contributed by atoms with Gasteiger partial charge >= 0.3 is 0 Å². The van der Waals surface area contributed by atoms with Gasteiger partial charge in [0.15, 0.2) is 3.79 Å². The number of alkyl halides is 4. The molecule has 0 saturated heterocycles. The van der Waals surface area contributed by atoms with E-state index in [1.807, 2.05) is 13.8 Å². The fraction of sp³-hybridized carbons (Fsp3) is 1.00. The molecule has 4 heteroatoms. The van der Waals surface area contributed by atoms with Crippen LogP contribution < -0.4 is 0 Å².